The third kappa shape index (κ3) is 2.24. The van der Waals surface area contributed by atoms with Gasteiger partial charge in [-0.15, -0.1) is 0 Å². The zero-order valence-corrected chi connectivity index (χ0v) is 10.7. The van der Waals surface area contributed by atoms with E-state index in [9.17, 15) is 9.59 Å². The summed E-state index contributed by atoms with van der Waals surface area (Å²) in [7, 11) is 0. The molecule has 4 nitrogen and oxygen atoms in total. The lowest BCUT2D eigenvalue weighted by molar-refractivity contribution is -0.137. The second-order valence-corrected chi connectivity index (χ2v) is 4.30. The zero-order valence-electron chi connectivity index (χ0n) is 9.12. The van der Waals surface area contributed by atoms with Gasteiger partial charge in [-0.2, -0.15) is 0 Å². The molecule has 1 heterocycles. The number of Topliss-reactive ketones (excluding diaryl/α,β-unsaturated/α-hetero) is 1. The second kappa shape index (κ2) is 4.71. The summed E-state index contributed by atoms with van der Waals surface area (Å²) in [5.74, 6) is -1.45. The summed E-state index contributed by atoms with van der Waals surface area (Å²) in [5, 5.41) is 0.963. The first-order valence-corrected chi connectivity index (χ1v) is 5.91. The second-order valence-electron chi connectivity index (χ2n) is 3.45. The molecule has 0 atom stereocenters. The number of esters is 1. The van der Waals surface area contributed by atoms with E-state index in [4.69, 9.17) is 0 Å². The van der Waals surface area contributed by atoms with Gasteiger partial charge in [0.15, 0.2) is 0 Å². The van der Waals surface area contributed by atoms with Gasteiger partial charge in [-0.05, 0) is 35.0 Å². The third-order valence-corrected chi connectivity index (χ3v) is 3.01. The molecule has 0 aliphatic rings. The van der Waals surface area contributed by atoms with E-state index >= 15 is 0 Å². The fraction of sp³-hybridized carbons (Fsp3) is 0.167. The molecule has 0 spiro atoms. The van der Waals surface area contributed by atoms with E-state index in [1.54, 1.807) is 31.3 Å². The number of H-pyrrole nitrogens is 1. The smallest absolute Gasteiger partial charge is 0.379 e. The van der Waals surface area contributed by atoms with E-state index in [-0.39, 0.29) is 6.61 Å². The molecular formula is C12H10BrNO3. The summed E-state index contributed by atoms with van der Waals surface area (Å²) in [6.45, 7) is 1.86. The van der Waals surface area contributed by atoms with Crippen LogP contribution in [0.5, 0.6) is 0 Å². The number of rotatable bonds is 3. The molecule has 0 aliphatic heterocycles. The zero-order chi connectivity index (χ0) is 12.4. The summed E-state index contributed by atoms with van der Waals surface area (Å²) < 4.78 is 5.59. The highest BCUT2D eigenvalue weighted by Gasteiger charge is 2.18. The molecule has 0 radical (unpaired) electrons. The SMILES string of the molecule is CCOC(=O)C(=O)c1ccc2c(Br)c[nH]c2c1. The van der Waals surface area contributed by atoms with Crippen LogP contribution in [-0.2, 0) is 9.53 Å². The number of aromatic amines is 1. The first kappa shape index (κ1) is 11.9. The van der Waals surface area contributed by atoms with Crippen molar-refractivity contribution in [3.8, 4) is 0 Å². The minimum Gasteiger partial charge on any atom is -0.460 e. The van der Waals surface area contributed by atoms with Crippen LogP contribution in [0.1, 0.15) is 17.3 Å². The van der Waals surface area contributed by atoms with Crippen LogP contribution in [0.15, 0.2) is 28.9 Å². The lowest BCUT2D eigenvalue weighted by atomic mass is 10.1. The normalized spacial score (nSPS) is 10.5. The highest BCUT2D eigenvalue weighted by Crippen LogP contribution is 2.24. The molecule has 17 heavy (non-hydrogen) atoms. The van der Waals surface area contributed by atoms with Gasteiger partial charge in [0.05, 0.1) is 6.61 Å². The van der Waals surface area contributed by atoms with E-state index < -0.39 is 11.8 Å². The van der Waals surface area contributed by atoms with Crippen LogP contribution in [0.3, 0.4) is 0 Å². The van der Waals surface area contributed by atoms with Crippen LogP contribution in [0.2, 0.25) is 0 Å². The minimum absolute atomic E-state index is 0.195. The lowest BCUT2D eigenvalue weighted by Gasteiger charge is -2.01. The Bertz CT molecular complexity index is 588. The molecule has 0 saturated carbocycles. The minimum atomic E-state index is -0.822. The van der Waals surface area contributed by atoms with Gasteiger partial charge in [0.2, 0.25) is 0 Å². The summed E-state index contributed by atoms with van der Waals surface area (Å²) >= 11 is 3.37. The number of hydrogen-bond acceptors (Lipinski definition) is 3. The first-order chi connectivity index (χ1) is 8.13. The van der Waals surface area contributed by atoms with Crippen molar-refractivity contribution >= 4 is 38.6 Å². The summed E-state index contributed by atoms with van der Waals surface area (Å²) in [6.07, 6.45) is 1.78. The number of fused-ring (bicyclic) bond motifs is 1. The van der Waals surface area contributed by atoms with Crippen LogP contribution in [0.25, 0.3) is 10.9 Å². The van der Waals surface area contributed by atoms with Crippen LogP contribution >= 0.6 is 15.9 Å². The Hall–Kier alpha value is -1.62. The predicted molar refractivity (Wildman–Crippen MR) is 67.0 cm³/mol. The number of hydrogen-bond donors (Lipinski definition) is 1. The van der Waals surface area contributed by atoms with Crippen molar-refractivity contribution in [1.82, 2.24) is 4.98 Å². The molecule has 0 amide bonds. The van der Waals surface area contributed by atoms with Crippen molar-refractivity contribution in [3.05, 3.63) is 34.4 Å². The van der Waals surface area contributed by atoms with Crippen molar-refractivity contribution in [1.29, 1.82) is 0 Å². The van der Waals surface area contributed by atoms with Crippen LogP contribution in [0.4, 0.5) is 0 Å². The Labute approximate surface area is 106 Å². The lowest BCUT2D eigenvalue weighted by Crippen LogP contribution is -2.17. The Morgan fingerprint density at radius 1 is 1.41 bits per heavy atom. The van der Waals surface area contributed by atoms with Gasteiger partial charge in [-0.1, -0.05) is 6.07 Å². The topological polar surface area (TPSA) is 59.2 Å². The maximum absolute atomic E-state index is 11.7. The van der Waals surface area contributed by atoms with Crippen molar-refractivity contribution in [2.45, 2.75) is 6.92 Å². The molecule has 1 aromatic carbocycles. The quantitative estimate of drug-likeness (QED) is 0.538. The summed E-state index contributed by atoms with van der Waals surface area (Å²) in [5.41, 5.74) is 1.12. The van der Waals surface area contributed by atoms with E-state index in [1.807, 2.05) is 0 Å². The molecule has 0 saturated heterocycles. The number of carbonyl (C=O) groups is 2. The summed E-state index contributed by atoms with van der Waals surface area (Å²) in [6, 6.07) is 5.03. The van der Waals surface area contributed by atoms with E-state index in [2.05, 4.69) is 25.7 Å². The number of nitrogens with one attached hydrogen (secondary N) is 1. The van der Waals surface area contributed by atoms with Crippen molar-refractivity contribution in [3.63, 3.8) is 0 Å². The molecule has 5 heteroatoms. The Balaban J connectivity index is 2.36. The number of aromatic nitrogens is 1. The molecule has 0 unspecified atom stereocenters. The molecular weight excluding hydrogens is 286 g/mol. The van der Waals surface area contributed by atoms with Crippen LogP contribution < -0.4 is 0 Å². The maximum atomic E-state index is 11.7. The predicted octanol–water partition coefficient (Wildman–Crippen LogP) is 2.68. The van der Waals surface area contributed by atoms with Gasteiger partial charge < -0.3 is 9.72 Å². The third-order valence-electron chi connectivity index (χ3n) is 2.35. The maximum Gasteiger partial charge on any atom is 0.379 e. The summed E-state index contributed by atoms with van der Waals surface area (Å²) in [4.78, 5) is 26.0. The molecule has 1 N–H and O–H groups in total. The standard InChI is InChI=1S/C12H10BrNO3/c1-2-17-12(16)11(15)7-3-4-8-9(13)6-14-10(8)5-7/h3-6,14H,2H2,1H3. The van der Waals surface area contributed by atoms with E-state index in [0.29, 0.717) is 5.56 Å². The van der Waals surface area contributed by atoms with Crippen LogP contribution in [-0.4, -0.2) is 23.3 Å². The number of ketones is 1. The average molecular weight is 296 g/mol. The average Bonchev–Trinajstić information content (AvgIpc) is 2.70. The molecule has 0 bridgehead atoms. The number of halogens is 1. The molecule has 2 aromatic rings. The van der Waals surface area contributed by atoms with Crippen molar-refractivity contribution in [2.75, 3.05) is 6.61 Å². The molecule has 88 valence electrons. The molecule has 1 aromatic heterocycles. The van der Waals surface area contributed by atoms with Gasteiger partial charge in [0.25, 0.3) is 5.78 Å². The van der Waals surface area contributed by atoms with Gasteiger partial charge in [0, 0.05) is 27.1 Å². The fourth-order valence-electron chi connectivity index (χ4n) is 1.55. The van der Waals surface area contributed by atoms with E-state index in [0.717, 1.165) is 15.4 Å². The van der Waals surface area contributed by atoms with Gasteiger partial charge in [-0.25, -0.2) is 4.79 Å². The van der Waals surface area contributed by atoms with Gasteiger partial charge in [0.1, 0.15) is 0 Å². The molecule has 2 rings (SSSR count). The Kier molecular flexibility index (Phi) is 3.28. The van der Waals surface area contributed by atoms with Crippen molar-refractivity contribution in [2.24, 2.45) is 0 Å². The van der Waals surface area contributed by atoms with Gasteiger partial charge in [-0.3, -0.25) is 4.79 Å². The number of ether oxygens (including phenoxy) is 1. The molecule has 0 aliphatic carbocycles. The molecule has 0 fully saturated rings. The number of benzene rings is 1. The highest BCUT2D eigenvalue weighted by molar-refractivity contribution is 9.10. The van der Waals surface area contributed by atoms with Crippen molar-refractivity contribution < 1.29 is 14.3 Å². The fourth-order valence-corrected chi connectivity index (χ4v) is 2.01. The Morgan fingerprint density at radius 2 is 2.18 bits per heavy atom. The highest BCUT2D eigenvalue weighted by atomic mass is 79.9. The van der Waals surface area contributed by atoms with Gasteiger partial charge >= 0.3 is 5.97 Å². The van der Waals surface area contributed by atoms with Crippen LogP contribution in [0, 0.1) is 0 Å². The Morgan fingerprint density at radius 3 is 2.88 bits per heavy atom. The number of carbonyl (C=O) groups excluding carboxylic acids is 2. The van der Waals surface area contributed by atoms with E-state index in [1.165, 1.54) is 0 Å². The largest absolute Gasteiger partial charge is 0.460 e. The first-order valence-electron chi connectivity index (χ1n) is 5.11. The monoisotopic (exact) mass is 295 g/mol.